The zero-order valence-electron chi connectivity index (χ0n) is 14.4. The average molecular weight is 441 g/mol. The summed E-state index contributed by atoms with van der Waals surface area (Å²) < 4.78 is 28.3. The van der Waals surface area contributed by atoms with E-state index in [0.29, 0.717) is 0 Å². The zero-order chi connectivity index (χ0) is 19.3. The third-order valence-electron chi connectivity index (χ3n) is 4.01. The number of nitrogen functional groups attached to an aromatic ring is 1. The Kier molecular flexibility index (Phi) is 6.37. The molecule has 0 bridgehead atoms. The number of phosphoric acid groups is 1. The van der Waals surface area contributed by atoms with E-state index in [1.165, 1.54) is 10.9 Å². The van der Waals surface area contributed by atoms with E-state index in [1.807, 2.05) is 0 Å². The number of anilines is 1. The van der Waals surface area contributed by atoms with Crippen LogP contribution in [-0.2, 0) is 23.1 Å². The van der Waals surface area contributed by atoms with Crippen molar-refractivity contribution in [2.75, 3.05) is 18.1 Å². The van der Waals surface area contributed by atoms with Crippen LogP contribution in [0.3, 0.4) is 0 Å². The molecule has 2 aliphatic rings. The molecule has 146 valence electrons. The monoisotopic (exact) mass is 441 g/mol. The van der Waals surface area contributed by atoms with Crippen LogP contribution in [0.2, 0.25) is 0 Å². The summed E-state index contributed by atoms with van der Waals surface area (Å²) in [4.78, 5) is 32.4. The van der Waals surface area contributed by atoms with Gasteiger partial charge in [0.15, 0.2) is 28.4 Å². The number of imidazole rings is 1. The predicted molar refractivity (Wildman–Crippen MR) is 86.0 cm³/mol. The van der Waals surface area contributed by atoms with Crippen molar-refractivity contribution < 1.29 is 67.8 Å². The van der Waals surface area contributed by atoms with Crippen LogP contribution in [0.4, 0.5) is 5.82 Å². The number of phosphoric ester groups is 1. The standard InChI is InChI=1S/C12H14N5O8PS.Na/c13-9-6-10(15-3-14-9)17(12(16-6)27-2-5(18)19)11-7(20)8-4(24-11)1-23-26(21,22)25-8;/h3-4,7-8,11,20H,1-2H2,(H,18,19)(H,21,22)(H2,13,14,15);/q;+1/p-1. The fraction of sp³-hybridized carbons (Fsp3) is 0.500. The molecule has 0 amide bonds. The van der Waals surface area contributed by atoms with Gasteiger partial charge in [0.2, 0.25) is 0 Å². The van der Waals surface area contributed by atoms with Gasteiger partial charge in [-0.3, -0.25) is 13.6 Å². The van der Waals surface area contributed by atoms with E-state index < -0.39 is 44.1 Å². The van der Waals surface area contributed by atoms with Gasteiger partial charge in [-0.15, -0.1) is 0 Å². The molecule has 2 aromatic heterocycles. The fourth-order valence-electron chi connectivity index (χ4n) is 2.91. The number of nitrogens with two attached hydrogens (primary N) is 1. The molecule has 0 spiro atoms. The first-order chi connectivity index (χ1) is 12.8. The van der Waals surface area contributed by atoms with Crippen LogP contribution in [0.1, 0.15) is 6.23 Å². The van der Waals surface area contributed by atoms with Gasteiger partial charge >= 0.3 is 37.4 Å². The number of nitrogens with zero attached hydrogens (tertiary/aromatic N) is 4. The van der Waals surface area contributed by atoms with Crippen LogP contribution < -0.4 is 40.4 Å². The molecule has 0 radical (unpaired) electrons. The topological polar surface area (TPSA) is 195 Å². The van der Waals surface area contributed by atoms with Crippen molar-refractivity contribution in [3.8, 4) is 0 Å². The van der Waals surface area contributed by atoms with Crippen molar-refractivity contribution in [3.05, 3.63) is 6.33 Å². The molecule has 2 saturated heterocycles. The van der Waals surface area contributed by atoms with Crippen molar-refractivity contribution in [1.82, 2.24) is 19.5 Å². The normalized spacial score (nSPS) is 32.1. The Morgan fingerprint density at radius 1 is 1.50 bits per heavy atom. The summed E-state index contributed by atoms with van der Waals surface area (Å²) in [5.41, 5.74) is 6.18. The first-order valence-corrected chi connectivity index (χ1v) is 10.1. The number of thioether (sulfide) groups is 1. The number of hydrogen-bond donors (Lipinski definition) is 3. The molecular formula is C12H13N5NaO8PS. The van der Waals surface area contributed by atoms with Crippen LogP contribution in [0.25, 0.3) is 11.2 Å². The molecule has 28 heavy (non-hydrogen) atoms. The minimum Gasteiger partial charge on any atom is -0.549 e. The Morgan fingerprint density at radius 2 is 2.25 bits per heavy atom. The Bertz CT molecular complexity index is 961. The summed E-state index contributed by atoms with van der Waals surface area (Å²) >= 11 is 0.811. The second-order valence-corrected chi connectivity index (χ2v) is 8.09. The van der Waals surface area contributed by atoms with Gasteiger partial charge in [-0.25, -0.2) is 19.5 Å². The van der Waals surface area contributed by atoms with Gasteiger partial charge in [0, 0.05) is 5.75 Å². The number of aromatic nitrogens is 4. The van der Waals surface area contributed by atoms with Crippen LogP contribution >= 0.6 is 19.6 Å². The quantitative estimate of drug-likeness (QED) is 0.232. The number of fused-ring (bicyclic) bond motifs is 2. The molecule has 2 aromatic rings. The molecule has 13 nitrogen and oxygen atoms in total. The number of aliphatic hydroxyl groups is 1. The number of carbonyl (C=O) groups excluding carboxylic acids is 1. The van der Waals surface area contributed by atoms with Gasteiger partial charge in [0.1, 0.15) is 24.6 Å². The number of carboxylic acid groups (broad SMARTS) is 1. The van der Waals surface area contributed by atoms with E-state index in [9.17, 15) is 24.5 Å². The van der Waals surface area contributed by atoms with Gasteiger partial charge in [-0.05, 0) is 0 Å². The molecule has 0 saturated carbocycles. The molecule has 16 heteroatoms. The molecule has 2 fully saturated rings. The maximum absolute atomic E-state index is 11.6. The van der Waals surface area contributed by atoms with E-state index in [-0.39, 0.29) is 58.3 Å². The number of hydrogen-bond acceptors (Lipinski definition) is 12. The third kappa shape index (κ3) is 3.94. The summed E-state index contributed by atoms with van der Waals surface area (Å²) in [7, 11) is -4.29. The van der Waals surface area contributed by atoms with Crippen molar-refractivity contribution in [2.24, 2.45) is 0 Å². The molecule has 2 aliphatic heterocycles. The van der Waals surface area contributed by atoms with Crippen LogP contribution in [0.15, 0.2) is 11.5 Å². The van der Waals surface area contributed by atoms with Crippen molar-refractivity contribution in [2.45, 2.75) is 29.7 Å². The number of carboxylic acids is 1. The zero-order valence-corrected chi connectivity index (χ0v) is 18.1. The molecule has 0 aliphatic carbocycles. The Labute approximate surface area is 183 Å². The SMILES string of the molecule is Nc1ncnc2c1nc(SCC(=O)[O-])n2C1OC2COP(=O)(O)OC2C1O.[Na+]. The number of carbonyl (C=O) groups is 1. The second kappa shape index (κ2) is 8.14. The Balaban J connectivity index is 0.00000225. The van der Waals surface area contributed by atoms with Gasteiger partial charge in [-0.2, -0.15) is 0 Å². The summed E-state index contributed by atoms with van der Waals surface area (Å²) in [5, 5.41) is 21.6. The van der Waals surface area contributed by atoms with E-state index in [4.69, 9.17) is 19.5 Å². The van der Waals surface area contributed by atoms with Gasteiger partial charge < -0.3 is 30.4 Å². The minimum absolute atomic E-state index is 0. The largest absolute Gasteiger partial charge is 1.00 e. The van der Waals surface area contributed by atoms with E-state index >= 15 is 0 Å². The van der Waals surface area contributed by atoms with E-state index in [0.717, 1.165) is 11.8 Å². The molecule has 4 rings (SSSR count). The van der Waals surface area contributed by atoms with Gasteiger partial charge in [-0.1, -0.05) is 11.8 Å². The molecule has 4 N–H and O–H groups in total. The number of aliphatic hydroxyl groups excluding tert-OH is 1. The maximum Gasteiger partial charge on any atom is 1.00 e. The van der Waals surface area contributed by atoms with Crippen molar-refractivity contribution in [3.63, 3.8) is 0 Å². The Morgan fingerprint density at radius 3 is 2.96 bits per heavy atom. The fourth-order valence-corrected chi connectivity index (χ4v) is 4.61. The molecule has 0 aromatic carbocycles. The minimum atomic E-state index is -4.29. The van der Waals surface area contributed by atoms with Crippen molar-refractivity contribution >= 4 is 42.5 Å². The van der Waals surface area contributed by atoms with E-state index in [2.05, 4.69) is 15.0 Å². The molecule has 5 unspecified atom stereocenters. The summed E-state index contributed by atoms with van der Waals surface area (Å²) in [6.45, 7) is -0.267. The maximum atomic E-state index is 11.6. The first-order valence-electron chi connectivity index (χ1n) is 7.57. The van der Waals surface area contributed by atoms with Crippen LogP contribution in [0, 0.1) is 0 Å². The van der Waals surface area contributed by atoms with Crippen LogP contribution in [0.5, 0.6) is 0 Å². The number of aliphatic carboxylic acids is 1. The van der Waals surface area contributed by atoms with E-state index in [1.54, 1.807) is 0 Å². The number of rotatable bonds is 4. The van der Waals surface area contributed by atoms with Crippen molar-refractivity contribution in [1.29, 1.82) is 0 Å². The van der Waals surface area contributed by atoms with Crippen LogP contribution in [-0.4, -0.2) is 66.2 Å². The smallest absolute Gasteiger partial charge is 0.549 e. The summed E-state index contributed by atoms with van der Waals surface area (Å²) in [6.07, 6.45) is -3.29. The van der Waals surface area contributed by atoms with Gasteiger partial charge in [0.05, 0.1) is 12.6 Å². The summed E-state index contributed by atoms with van der Waals surface area (Å²) in [5.74, 6) is -1.69. The second-order valence-electron chi connectivity index (χ2n) is 5.75. The summed E-state index contributed by atoms with van der Waals surface area (Å²) in [6, 6.07) is 0. The first kappa shape index (κ1) is 21.9. The molecule has 5 atom stereocenters. The predicted octanol–water partition coefficient (Wildman–Crippen LogP) is -4.97. The number of ether oxygens (including phenoxy) is 1. The molecular weight excluding hydrogens is 428 g/mol. The van der Waals surface area contributed by atoms with Gasteiger partial charge in [0.25, 0.3) is 0 Å². The Hall–Kier alpha value is -0.800. The average Bonchev–Trinajstić information content (AvgIpc) is 3.11. The third-order valence-corrected chi connectivity index (χ3v) is 5.92. The molecule has 4 heterocycles.